The molecule has 140 valence electrons. The van der Waals surface area contributed by atoms with Gasteiger partial charge in [0, 0.05) is 18.9 Å². The van der Waals surface area contributed by atoms with Crippen LogP contribution in [0.4, 0.5) is 0 Å². The van der Waals surface area contributed by atoms with Crippen molar-refractivity contribution in [1.82, 2.24) is 15.1 Å². The molecule has 0 aliphatic carbocycles. The van der Waals surface area contributed by atoms with Crippen molar-refractivity contribution in [2.75, 3.05) is 5.75 Å². The van der Waals surface area contributed by atoms with E-state index in [1.54, 1.807) is 29.9 Å². The number of carbonyl (C=O) groups is 1. The van der Waals surface area contributed by atoms with E-state index in [0.717, 1.165) is 11.3 Å². The van der Waals surface area contributed by atoms with Crippen molar-refractivity contribution in [3.63, 3.8) is 0 Å². The molecule has 0 radical (unpaired) electrons. The Morgan fingerprint density at radius 3 is 2.56 bits per heavy atom. The fourth-order valence-corrected chi connectivity index (χ4v) is 4.41. The molecule has 0 spiro atoms. The van der Waals surface area contributed by atoms with Gasteiger partial charge in [0.05, 0.1) is 21.9 Å². The van der Waals surface area contributed by atoms with Gasteiger partial charge in [-0.2, -0.15) is 5.10 Å². The molecule has 6 nitrogen and oxygen atoms in total. The minimum Gasteiger partial charge on any atom is -0.348 e. The highest BCUT2D eigenvalue weighted by molar-refractivity contribution is 7.91. The maximum Gasteiger partial charge on any atom is 0.252 e. The average molecular weight is 383 g/mol. The summed E-state index contributed by atoms with van der Waals surface area (Å²) in [5.74, 6) is -0.403. The van der Waals surface area contributed by atoms with E-state index < -0.39 is 15.7 Å². The lowest BCUT2D eigenvalue weighted by molar-refractivity contribution is 0.0947. The molecular weight excluding hydrogens is 362 g/mol. The van der Waals surface area contributed by atoms with E-state index in [9.17, 15) is 13.2 Å². The van der Waals surface area contributed by atoms with Crippen LogP contribution in [0.25, 0.3) is 5.69 Å². The SMILES string of the molecule is CCCS(=O)(=O)c1ccccc1C(=O)NCc1ccccc1-n1cccn1. The Kier molecular flexibility index (Phi) is 5.71. The molecule has 2 aromatic carbocycles. The number of hydrogen-bond donors (Lipinski definition) is 1. The van der Waals surface area contributed by atoms with Gasteiger partial charge in [-0.25, -0.2) is 13.1 Å². The number of amides is 1. The standard InChI is InChI=1S/C20H21N3O3S/c1-2-14-27(25,26)19-11-6-4-9-17(19)20(24)21-15-16-8-3-5-10-18(16)23-13-7-12-22-23/h3-13H,2,14-15H2,1H3,(H,21,24). The Labute approximate surface area is 158 Å². The molecule has 0 saturated carbocycles. The van der Waals surface area contributed by atoms with Gasteiger partial charge in [-0.1, -0.05) is 37.3 Å². The van der Waals surface area contributed by atoms with Crippen molar-refractivity contribution in [2.45, 2.75) is 24.8 Å². The van der Waals surface area contributed by atoms with E-state index >= 15 is 0 Å². The van der Waals surface area contributed by atoms with Crippen LogP contribution in [-0.2, 0) is 16.4 Å². The summed E-state index contributed by atoms with van der Waals surface area (Å²) in [6.07, 6.45) is 4.01. The molecule has 1 N–H and O–H groups in total. The van der Waals surface area contributed by atoms with Crippen LogP contribution >= 0.6 is 0 Å². The lowest BCUT2D eigenvalue weighted by Gasteiger charge is -2.13. The summed E-state index contributed by atoms with van der Waals surface area (Å²) in [4.78, 5) is 12.8. The minimum atomic E-state index is -3.49. The number of sulfone groups is 1. The first-order chi connectivity index (χ1) is 13.0. The number of carbonyl (C=O) groups excluding carboxylic acids is 1. The third-order valence-corrected chi connectivity index (χ3v) is 6.09. The monoisotopic (exact) mass is 383 g/mol. The van der Waals surface area contributed by atoms with Gasteiger partial charge in [-0.3, -0.25) is 4.79 Å². The summed E-state index contributed by atoms with van der Waals surface area (Å²) in [5, 5.41) is 7.05. The summed E-state index contributed by atoms with van der Waals surface area (Å²) in [5.41, 5.74) is 1.90. The van der Waals surface area contributed by atoms with Crippen LogP contribution in [0.15, 0.2) is 71.9 Å². The van der Waals surface area contributed by atoms with Crippen molar-refractivity contribution >= 4 is 15.7 Å². The molecule has 0 atom stereocenters. The summed E-state index contributed by atoms with van der Waals surface area (Å²) >= 11 is 0. The number of aromatic nitrogens is 2. The van der Waals surface area contributed by atoms with Gasteiger partial charge in [0.2, 0.25) is 0 Å². The zero-order chi connectivity index (χ0) is 19.3. The first-order valence-electron chi connectivity index (χ1n) is 8.71. The lowest BCUT2D eigenvalue weighted by atomic mass is 10.1. The molecule has 3 rings (SSSR count). The highest BCUT2D eigenvalue weighted by Gasteiger charge is 2.21. The molecule has 7 heteroatoms. The molecular formula is C20H21N3O3S. The molecule has 1 aromatic heterocycles. The summed E-state index contributed by atoms with van der Waals surface area (Å²) in [6, 6.07) is 15.7. The van der Waals surface area contributed by atoms with Crippen molar-refractivity contribution in [3.05, 3.63) is 78.1 Å². The number of nitrogens with zero attached hydrogens (tertiary/aromatic N) is 2. The van der Waals surface area contributed by atoms with Gasteiger partial charge in [0.15, 0.2) is 9.84 Å². The third kappa shape index (κ3) is 4.25. The molecule has 3 aromatic rings. The summed E-state index contributed by atoms with van der Waals surface area (Å²) < 4.78 is 26.6. The van der Waals surface area contributed by atoms with E-state index in [1.165, 1.54) is 12.1 Å². The van der Waals surface area contributed by atoms with Crippen LogP contribution in [-0.4, -0.2) is 29.9 Å². The van der Waals surface area contributed by atoms with E-state index in [-0.39, 0.29) is 22.8 Å². The van der Waals surface area contributed by atoms with Crippen LogP contribution in [0.2, 0.25) is 0 Å². The van der Waals surface area contributed by atoms with Crippen molar-refractivity contribution in [2.24, 2.45) is 0 Å². The van der Waals surface area contributed by atoms with Crippen molar-refractivity contribution in [1.29, 1.82) is 0 Å². The zero-order valence-electron chi connectivity index (χ0n) is 15.0. The quantitative estimate of drug-likeness (QED) is 0.680. The Bertz CT molecular complexity index is 1030. The Balaban J connectivity index is 1.83. The first kappa shape index (κ1) is 18.8. The highest BCUT2D eigenvalue weighted by atomic mass is 32.2. The molecule has 0 saturated heterocycles. The molecule has 1 heterocycles. The van der Waals surface area contributed by atoms with E-state index in [4.69, 9.17) is 0 Å². The number of para-hydroxylation sites is 1. The number of benzene rings is 2. The number of nitrogens with one attached hydrogen (secondary N) is 1. The minimum absolute atomic E-state index is 0.0133. The van der Waals surface area contributed by atoms with Crippen LogP contribution in [0.3, 0.4) is 0 Å². The van der Waals surface area contributed by atoms with E-state index in [0.29, 0.717) is 6.42 Å². The van der Waals surface area contributed by atoms with Crippen molar-refractivity contribution in [3.8, 4) is 5.69 Å². The molecule has 0 fully saturated rings. The number of rotatable bonds is 7. The van der Waals surface area contributed by atoms with Gasteiger partial charge in [0.1, 0.15) is 0 Å². The number of hydrogen-bond acceptors (Lipinski definition) is 4. The fourth-order valence-electron chi connectivity index (χ4n) is 2.87. The molecule has 0 bridgehead atoms. The van der Waals surface area contributed by atoms with Gasteiger partial charge >= 0.3 is 0 Å². The molecule has 0 unspecified atom stereocenters. The topological polar surface area (TPSA) is 81.1 Å². The van der Waals surface area contributed by atoms with Crippen molar-refractivity contribution < 1.29 is 13.2 Å². The predicted octanol–water partition coefficient (Wildman–Crippen LogP) is 2.99. The summed E-state index contributed by atoms with van der Waals surface area (Å²) in [6.45, 7) is 2.06. The lowest BCUT2D eigenvalue weighted by Crippen LogP contribution is -2.25. The molecule has 0 aliphatic rings. The van der Waals surface area contributed by atoms with Gasteiger partial charge in [0.25, 0.3) is 5.91 Å². The maximum absolute atomic E-state index is 12.7. The first-order valence-corrected chi connectivity index (χ1v) is 10.4. The van der Waals surface area contributed by atoms with Gasteiger partial charge in [-0.05, 0) is 36.2 Å². The largest absolute Gasteiger partial charge is 0.348 e. The smallest absolute Gasteiger partial charge is 0.252 e. The van der Waals surface area contributed by atoms with Crippen LogP contribution in [0.1, 0.15) is 29.3 Å². The Morgan fingerprint density at radius 1 is 1.07 bits per heavy atom. The van der Waals surface area contributed by atoms with E-state index in [2.05, 4.69) is 10.4 Å². The Morgan fingerprint density at radius 2 is 1.81 bits per heavy atom. The molecule has 1 amide bonds. The van der Waals surface area contributed by atoms with E-state index in [1.807, 2.05) is 36.5 Å². The van der Waals surface area contributed by atoms with Crippen LogP contribution in [0.5, 0.6) is 0 Å². The second-order valence-electron chi connectivity index (χ2n) is 6.08. The predicted molar refractivity (Wildman–Crippen MR) is 104 cm³/mol. The second kappa shape index (κ2) is 8.18. The molecule has 0 aliphatic heterocycles. The van der Waals surface area contributed by atoms with Crippen LogP contribution in [0, 0.1) is 0 Å². The van der Waals surface area contributed by atoms with Crippen LogP contribution < -0.4 is 5.32 Å². The fraction of sp³-hybridized carbons (Fsp3) is 0.200. The Hall–Kier alpha value is -2.93. The zero-order valence-corrected chi connectivity index (χ0v) is 15.8. The van der Waals surface area contributed by atoms with Gasteiger partial charge in [-0.15, -0.1) is 0 Å². The third-order valence-electron chi connectivity index (χ3n) is 4.12. The average Bonchev–Trinajstić information content (AvgIpc) is 3.21. The summed E-state index contributed by atoms with van der Waals surface area (Å²) in [7, 11) is -3.49. The normalized spacial score (nSPS) is 11.3. The second-order valence-corrected chi connectivity index (χ2v) is 8.15. The highest BCUT2D eigenvalue weighted by Crippen LogP contribution is 2.19. The molecule has 27 heavy (non-hydrogen) atoms. The van der Waals surface area contributed by atoms with Gasteiger partial charge < -0.3 is 5.32 Å². The maximum atomic E-state index is 12.7.